The first-order valence-corrected chi connectivity index (χ1v) is 10.8. The van der Waals surface area contributed by atoms with E-state index in [2.05, 4.69) is 39.1 Å². The van der Waals surface area contributed by atoms with Crippen LogP contribution >= 0.6 is 0 Å². The van der Waals surface area contributed by atoms with Gasteiger partial charge < -0.3 is 4.90 Å². The van der Waals surface area contributed by atoms with Crippen molar-refractivity contribution < 1.29 is 4.79 Å². The van der Waals surface area contributed by atoms with Crippen molar-refractivity contribution in [1.82, 2.24) is 24.6 Å². The first-order valence-electron chi connectivity index (χ1n) is 10.8. The molecule has 2 aromatic carbocycles. The number of aryl methyl sites for hydroxylation is 1. The lowest BCUT2D eigenvalue weighted by Gasteiger charge is -2.45. The molecule has 1 saturated heterocycles. The van der Waals surface area contributed by atoms with Crippen molar-refractivity contribution in [2.24, 2.45) is 7.05 Å². The van der Waals surface area contributed by atoms with Gasteiger partial charge in [0.2, 0.25) is 0 Å². The highest BCUT2D eigenvalue weighted by Crippen LogP contribution is 2.45. The van der Waals surface area contributed by atoms with Gasteiger partial charge >= 0.3 is 0 Å². The molecule has 2 bridgehead atoms. The SMILES string of the molecule is Cn1nc2c(c1-c1ccccc1)CC1CCCC2N1C(=O)c1ccc2ncncc2c1. The summed E-state index contributed by atoms with van der Waals surface area (Å²) in [6.07, 6.45) is 7.26. The summed E-state index contributed by atoms with van der Waals surface area (Å²) in [4.78, 5) is 24.2. The fourth-order valence-corrected chi connectivity index (χ4v) is 5.37. The summed E-state index contributed by atoms with van der Waals surface area (Å²) in [5.41, 5.74) is 6.29. The molecule has 2 unspecified atom stereocenters. The topological polar surface area (TPSA) is 63.9 Å². The predicted molar refractivity (Wildman–Crippen MR) is 118 cm³/mol. The number of hydrogen-bond acceptors (Lipinski definition) is 4. The third-order valence-corrected chi connectivity index (χ3v) is 6.71. The first-order chi connectivity index (χ1) is 15.2. The number of carbonyl (C=O) groups is 1. The number of fused-ring (bicyclic) bond motifs is 5. The molecule has 2 aromatic heterocycles. The first kappa shape index (κ1) is 18.2. The Kier molecular flexibility index (Phi) is 4.13. The number of piperidine rings is 1. The second-order valence-corrected chi connectivity index (χ2v) is 8.52. The maximum atomic E-state index is 13.7. The van der Waals surface area contributed by atoms with Gasteiger partial charge in [-0.3, -0.25) is 9.48 Å². The quantitative estimate of drug-likeness (QED) is 0.495. The highest BCUT2D eigenvalue weighted by Gasteiger charge is 2.43. The Bertz CT molecular complexity index is 1300. The van der Waals surface area contributed by atoms with Crippen molar-refractivity contribution in [3.63, 3.8) is 0 Å². The average Bonchev–Trinajstić information content (AvgIpc) is 3.14. The molecule has 1 amide bonds. The zero-order chi connectivity index (χ0) is 20.9. The Hall–Kier alpha value is -3.54. The third kappa shape index (κ3) is 2.86. The van der Waals surface area contributed by atoms with Crippen LogP contribution in [0.5, 0.6) is 0 Å². The van der Waals surface area contributed by atoms with Crippen LogP contribution in [0.2, 0.25) is 0 Å². The molecule has 2 aliphatic heterocycles. The van der Waals surface area contributed by atoms with E-state index in [4.69, 9.17) is 5.10 Å². The van der Waals surface area contributed by atoms with E-state index >= 15 is 0 Å². The minimum Gasteiger partial charge on any atom is -0.327 e. The summed E-state index contributed by atoms with van der Waals surface area (Å²) >= 11 is 0. The normalized spacial score (nSPS) is 20.0. The van der Waals surface area contributed by atoms with Crippen LogP contribution in [-0.4, -0.2) is 36.6 Å². The molecule has 6 heteroatoms. The zero-order valence-corrected chi connectivity index (χ0v) is 17.4. The molecular weight excluding hydrogens is 386 g/mol. The summed E-state index contributed by atoms with van der Waals surface area (Å²) in [6.45, 7) is 0. The summed E-state index contributed by atoms with van der Waals surface area (Å²) < 4.78 is 2.00. The van der Waals surface area contributed by atoms with E-state index in [1.54, 1.807) is 6.20 Å². The smallest absolute Gasteiger partial charge is 0.254 e. The van der Waals surface area contributed by atoms with Gasteiger partial charge in [0.05, 0.1) is 22.9 Å². The van der Waals surface area contributed by atoms with Gasteiger partial charge in [-0.2, -0.15) is 5.10 Å². The molecule has 6 rings (SSSR count). The van der Waals surface area contributed by atoms with Crippen molar-refractivity contribution >= 4 is 16.8 Å². The maximum absolute atomic E-state index is 13.7. The molecule has 2 aliphatic rings. The number of nitrogens with zero attached hydrogens (tertiary/aromatic N) is 5. The summed E-state index contributed by atoms with van der Waals surface area (Å²) in [5.74, 6) is 0.0815. The van der Waals surface area contributed by atoms with Crippen LogP contribution in [0, 0.1) is 0 Å². The van der Waals surface area contributed by atoms with Gasteiger partial charge in [0.15, 0.2) is 0 Å². The average molecular weight is 409 g/mol. The Morgan fingerprint density at radius 2 is 1.97 bits per heavy atom. The van der Waals surface area contributed by atoms with E-state index in [9.17, 15) is 4.79 Å². The second kappa shape index (κ2) is 7.01. The lowest BCUT2D eigenvalue weighted by molar-refractivity contribution is 0.0392. The van der Waals surface area contributed by atoms with Gasteiger partial charge in [0.25, 0.3) is 5.91 Å². The van der Waals surface area contributed by atoms with Crippen LogP contribution in [0.3, 0.4) is 0 Å². The Morgan fingerprint density at radius 1 is 1.10 bits per heavy atom. The van der Waals surface area contributed by atoms with Gasteiger partial charge in [0, 0.05) is 41.4 Å². The van der Waals surface area contributed by atoms with E-state index in [1.807, 2.05) is 36.0 Å². The minimum atomic E-state index is 0.0291. The van der Waals surface area contributed by atoms with E-state index in [1.165, 1.54) is 23.1 Å². The largest absolute Gasteiger partial charge is 0.327 e. The molecule has 0 radical (unpaired) electrons. The van der Waals surface area contributed by atoms with Crippen molar-refractivity contribution in [3.8, 4) is 11.3 Å². The number of carbonyl (C=O) groups excluding carboxylic acids is 1. The standard InChI is InChI=1S/C25H23N5O/c1-29-24(16-6-3-2-4-7-16)20-13-19-8-5-9-22(23(20)28-29)30(19)25(31)17-10-11-21-18(12-17)14-26-15-27-21/h2-4,6-7,10-12,14-15,19,22H,5,8-9,13H2,1H3. The summed E-state index contributed by atoms with van der Waals surface area (Å²) in [7, 11) is 2.01. The summed E-state index contributed by atoms with van der Waals surface area (Å²) in [6, 6.07) is 16.4. The molecule has 4 aromatic rings. The van der Waals surface area contributed by atoms with Crippen LogP contribution < -0.4 is 0 Å². The van der Waals surface area contributed by atoms with Gasteiger partial charge in [-0.1, -0.05) is 30.3 Å². The lowest BCUT2D eigenvalue weighted by Crippen LogP contribution is -2.49. The van der Waals surface area contributed by atoms with Crippen LogP contribution in [0.4, 0.5) is 0 Å². The zero-order valence-electron chi connectivity index (χ0n) is 17.4. The van der Waals surface area contributed by atoms with Crippen LogP contribution in [-0.2, 0) is 13.5 Å². The predicted octanol–water partition coefficient (Wildman–Crippen LogP) is 4.32. The van der Waals surface area contributed by atoms with E-state index in [-0.39, 0.29) is 18.0 Å². The number of benzene rings is 2. The minimum absolute atomic E-state index is 0.0291. The molecule has 0 saturated carbocycles. The van der Waals surface area contributed by atoms with E-state index in [0.717, 1.165) is 42.3 Å². The van der Waals surface area contributed by atoms with Gasteiger partial charge in [-0.05, 0) is 43.9 Å². The van der Waals surface area contributed by atoms with Crippen LogP contribution in [0.15, 0.2) is 61.1 Å². The van der Waals surface area contributed by atoms with Crippen molar-refractivity contribution in [2.45, 2.75) is 37.8 Å². The summed E-state index contributed by atoms with van der Waals surface area (Å²) in [5, 5.41) is 5.82. The number of amides is 1. The van der Waals surface area contributed by atoms with Gasteiger partial charge in [0.1, 0.15) is 6.33 Å². The van der Waals surface area contributed by atoms with Crippen molar-refractivity contribution in [3.05, 3.63) is 77.9 Å². The highest BCUT2D eigenvalue weighted by atomic mass is 16.2. The Balaban J connectivity index is 1.42. The molecule has 0 spiro atoms. The fraction of sp³-hybridized carbons (Fsp3) is 0.280. The molecule has 31 heavy (non-hydrogen) atoms. The van der Waals surface area contributed by atoms with Crippen molar-refractivity contribution in [1.29, 1.82) is 0 Å². The molecule has 4 heterocycles. The number of hydrogen-bond donors (Lipinski definition) is 0. The lowest BCUT2D eigenvalue weighted by atomic mass is 9.81. The fourth-order valence-electron chi connectivity index (χ4n) is 5.37. The Morgan fingerprint density at radius 3 is 2.84 bits per heavy atom. The molecule has 1 fully saturated rings. The van der Waals surface area contributed by atoms with Gasteiger partial charge in [-0.15, -0.1) is 0 Å². The van der Waals surface area contributed by atoms with Gasteiger partial charge in [-0.25, -0.2) is 9.97 Å². The molecule has 0 aliphatic carbocycles. The van der Waals surface area contributed by atoms with E-state index in [0.29, 0.717) is 5.56 Å². The highest BCUT2D eigenvalue weighted by molar-refractivity contribution is 5.98. The maximum Gasteiger partial charge on any atom is 0.254 e. The molecule has 6 nitrogen and oxygen atoms in total. The molecule has 0 N–H and O–H groups in total. The third-order valence-electron chi connectivity index (χ3n) is 6.71. The van der Waals surface area contributed by atoms with Crippen LogP contribution in [0.25, 0.3) is 22.2 Å². The molecule has 2 atom stereocenters. The monoisotopic (exact) mass is 409 g/mol. The number of aromatic nitrogens is 4. The molecular formula is C25H23N5O. The number of rotatable bonds is 2. The van der Waals surface area contributed by atoms with Crippen molar-refractivity contribution in [2.75, 3.05) is 0 Å². The van der Waals surface area contributed by atoms with Crippen LogP contribution in [0.1, 0.15) is 46.9 Å². The van der Waals surface area contributed by atoms with E-state index < -0.39 is 0 Å². The Labute approximate surface area is 180 Å². The molecule has 154 valence electrons. The second-order valence-electron chi connectivity index (χ2n) is 8.52.